The minimum Gasteiger partial charge on any atom is -0.494 e. The first kappa shape index (κ1) is 11.8. The van der Waals surface area contributed by atoms with Crippen molar-refractivity contribution in [2.75, 3.05) is 7.11 Å². The summed E-state index contributed by atoms with van der Waals surface area (Å²) in [6, 6.07) is 3.85. The molecule has 1 aromatic rings. The van der Waals surface area contributed by atoms with Crippen LogP contribution in [-0.2, 0) is 6.42 Å². The van der Waals surface area contributed by atoms with Crippen LogP contribution in [0.15, 0.2) is 18.2 Å². The molecule has 2 nitrogen and oxygen atoms in total. The number of hydrogen-bond acceptors (Lipinski definition) is 2. The van der Waals surface area contributed by atoms with Gasteiger partial charge in [-0.3, -0.25) is 0 Å². The molecule has 0 radical (unpaired) electrons. The topological polar surface area (TPSA) is 29.5 Å². The van der Waals surface area contributed by atoms with Crippen molar-refractivity contribution in [2.45, 2.75) is 19.0 Å². The second-order valence-corrected chi connectivity index (χ2v) is 3.07. The number of aliphatic hydroxyl groups is 1. The van der Waals surface area contributed by atoms with Crippen LogP contribution in [0.3, 0.4) is 0 Å². The summed E-state index contributed by atoms with van der Waals surface area (Å²) in [5.41, 5.74) is 0.307. The Morgan fingerprint density at radius 2 is 2.07 bits per heavy atom. The van der Waals surface area contributed by atoms with Gasteiger partial charge in [0.05, 0.1) is 7.11 Å². The third-order valence-corrected chi connectivity index (χ3v) is 1.95. The SMILES string of the molecule is COc1ccc(CC(O)C(F)F)cc1F. The highest BCUT2D eigenvalue weighted by atomic mass is 19.3. The zero-order valence-corrected chi connectivity index (χ0v) is 8.08. The van der Waals surface area contributed by atoms with Crippen LogP contribution in [0.2, 0.25) is 0 Å². The van der Waals surface area contributed by atoms with Crippen molar-refractivity contribution in [3.8, 4) is 5.75 Å². The van der Waals surface area contributed by atoms with Crippen LogP contribution < -0.4 is 4.74 Å². The van der Waals surface area contributed by atoms with Crippen LogP contribution in [0, 0.1) is 5.82 Å². The Kier molecular flexibility index (Phi) is 3.96. The Morgan fingerprint density at radius 3 is 2.53 bits per heavy atom. The molecule has 1 unspecified atom stereocenters. The molecule has 0 aliphatic rings. The molecule has 0 bridgehead atoms. The Bertz CT molecular complexity index is 328. The second-order valence-electron chi connectivity index (χ2n) is 3.07. The predicted octanol–water partition coefficient (Wildman–Crippen LogP) is 2.00. The molecule has 1 aromatic carbocycles. The van der Waals surface area contributed by atoms with E-state index < -0.39 is 18.3 Å². The summed E-state index contributed by atoms with van der Waals surface area (Å²) < 4.78 is 41.8. The highest BCUT2D eigenvalue weighted by Crippen LogP contribution is 2.19. The van der Waals surface area contributed by atoms with E-state index in [1.807, 2.05) is 0 Å². The molecule has 0 saturated heterocycles. The lowest BCUT2D eigenvalue weighted by Crippen LogP contribution is -2.20. The van der Waals surface area contributed by atoms with Gasteiger partial charge in [0.15, 0.2) is 11.6 Å². The summed E-state index contributed by atoms with van der Waals surface area (Å²) in [5.74, 6) is -0.582. The summed E-state index contributed by atoms with van der Waals surface area (Å²) in [4.78, 5) is 0. The molecule has 0 spiro atoms. The van der Waals surface area contributed by atoms with Gasteiger partial charge >= 0.3 is 0 Å². The first-order valence-electron chi connectivity index (χ1n) is 4.33. The van der Waals surface area contributed by atoms with E-state index >= 15 is 0 Å². The molecule has 0 saturated carbocycles. The first-order valence-corrected chi connectivity index (χ1v) is 4.33. The minimum absolute atomic E-state index is 0.0466. The van der Waals surface area contributed by atoms with E-state index in [1.54, 1.807) is 0 Å². The Morgan fingerprint density at radius 1 is 1.40 bits per heavy atom. The molecule has 0 aliphatic heterocycles. The van der Waals surface area contributed by atoms with Gasteiger partial charge in [0.1, 0.15) is 6.10 Å². The van der Waals surface area contributed by atoms with Crippen molar-refractivity contribution in [3.05, 3.63) is 29.6 Å². The van der Waals surface area contributed by atoms with E-state index in [4.69, 9.17) is 5.11 Å². The maximum absolute atomic E-state index is 13.1. The van der Waals surface area contributed by atoms with Gasteiger partial charge in [0.25, 0.3) is 6.43 Å². The van der Waals surface area contributed by atoms with Crippen molar-refractivity contribution in [1.29, 1.82) is 0 Å². The molecule has 5 heteroatoms. The standard InChI is InChI=1S/C10H11F3O2/c1-15-9-3-2-6(4-7(9)11)5-8(14)10(12)13/h2-4,8,10,14H,5H2,1H3. The monoisotopic (exact) mass is 220 g/mol. The van der Waals surface area contributed by atoms with Gasteiger partial charge in [-0.1, -0.05) is 6.07 Å². The van der Waals surface area contributed by atoms with Crippen LogP contribution in [0.5, 0.6) is 5.75 Å². The molecule has 0 amide bonds. The zero-order chi connectivity index (χ0) is 11.4. The van der Waals surface area contributed by atoms with Crippen molar-refractivity contribution >= 4 is 0 Å². The van der Waals surface area contributed by atoms with Crippen molar-refractivity contribution in [1.82, 2.24) is 0 Å². The molecule has 0 aromatic heterocycles. The summed E-state index contributed by atoms with van der Waals surface area (Å²) >= 11 is 0. The van der Waals surface area contributed by atoms with Gasteiger partial charge in [0.2, 0.25) is 0 Å². The van der Waals surface area contributed by atoms with Crippen LogP contribution in [-0.4, -0.2) is 24.7 Å². The average Bonchev–Trinajstić information content (AvgIpc) is 2.18. The maximum atomic E-state index is 13.1. The summed E-state index contributed by atoms with van der Waals surface area (Å²) in [6.07, 6.45) is -4.87. The lowest BCUT2D eigenvalue weighted by atomic mass is 10.1. The molecule has 84 valence electrons. The number of aliphatic hydroxyl groups excluding tert-OH is 1. The van der Waals surface area contributed by atoms with E-state index in [9.17, 15) is 13.2 Å². The predicted molar refractivity (Wildman–Crippen MR) is 48.7 cm³/mol. The number of methoxy groups -OCH3 is 1. The lowest BCUT2D eigenvalue weighted by Gasteiger charge is -2.10. The number of rotatable bonds is 4. The lowest BCUT2D eigenvalue weighted by molar-refractivity contribution is -0.00369. The normalized spacial score (nSPS) is 12.9. The van der Waals surface area contributed by atoms with Gasteiger partial charge in [-0.2, -0.15) is 0 Å². The summed E-state index contributed by atoms with van der Waals surface area (Å²) in [6.45, 7) is 0. The number of alkyl halides is 2. The quantitative estimate of drug-likeness (QED) is 0.840. The molecule has 1 rings (SSSR count). The fraction of sp³-hybridized carbons (Fsp3) is 0.400. The van der Waals surface area contributed by atoms with Crippen molar-refractivity contribution in [3.63, 3.8) is 0 Å². The number of halogens is 3. The van der Waals surface area contributed by atoms with E-state index in [-0.39, 0.29) is 12.2 Å². The van der Waals surface area contributed by atoms with Gasteiger partial charge in [-0.05, 0) is 17.7 Å². The van der Waals surface area contributed by atoms with Crippen molar-refractivity contribution in [2.24, 2.45) is 0 Å². The highest BCUT2D eigenvalue weighted by Gasteiger charge is 2.17. The minimum atomic E-state index is -2.82. The Hall–Kier alpha value is -1.23. The van der Waals surface area contributed by atoms with E-state index in [2.05, 4.69) is 4.74 Å². The van der Waals surface area contributed by atoms with Gasteiger partial charge in [-0.15, -0.1) is 0 Å². The molecule has 15 heavy (non-hydrogen) atoms. The van der Waals surface area contributed by atoms with E-state index in [1.165, 1.54) is 19.2 Å². The number of ether oxygens (including phenoxy) is 1. The second kappa shape index (κ2) is 5.02. The molecular formula is C10H11F3O2. The molecular weight excluding hydrogens is 209 g/mol. The smallest absolute Gasteiger partial charge is 0.264 e. The number of hydrogen-bond donors (Lipinski definition) is 1. The average molecular weight is 220 g/mol. The molecule has 0 heterocycles. The summed E-state index contributed by atoms with van der Waals surface area (Å²) in [7, 11) is 1.31. The van der Waals surface area contributed by atoms with Gasteiger partial charge < -0.3 is 9.84 Å². The molecule has 1 N–H and O–H groups in total. The van der Waals surface area contributed by atoms with Crippen LogP contribution in [0.1, 0.15) is 5.56 Å². The summed E-state index contributed by atoms with van der Waals surface area (Å²) in [5, 5.41) is 8.89. The molecule has 0 aliphatic carbocycles. The molecule has 1 atom stereocenters. The maximum Gasteiger partial charge on any atom is 0.264 e. The van der Waals surface area contributed by atoms with E-state index in [0.717, 1.165) is 6.07 Å². The first-order chi connectivity index (χ1) is 7.04. The molecule has 0 fully saturated rings. The van der Waals surface area contributed by atoms with Crippen LogP contribution >= 0.6 is 0 Å². The number of benzene rings is 1. The fourth-order valence-corrected chi connectivity index (χ4v) is 1.17. The van der Waals surface area contributed by atoms with Gasteiger partial charge in [0, 0.05) is 6.42 Å². The van der Waals surface area contributed by atoms with E-state index in [0.29, 0.717) is 5.56 Å². The van der Waals surface area contributed by atoms with Crippen LogP contribution in [0.4, 0.5) is 13.2 Å². The third kappa shape index (κ3) is 3.13. The third-order valence-electron chi connectivity index (χ3n) is 1.95. The fourth-order valence-electron chi connectivity index (χ4n) is 1.17. The van der Waals surface area contributed by atoms with Crippen molar-refractivity contribution < 1.29 is 23.0 Å². The van der Waals surface area contributed by atoms with Crippen LogP contribution in [0.25, 0.3) is 0 Å². The zero-order valence-electron chi connectivity index (χ0n) is 8.08. The Labute approximate surface area is 85.3 Å². The largest absolute Gasteiger partial charge is 0.494 e. The Balaban J connectivity index is 2.75. The highest BCUT2D eigenvalue weighted by molar-refractivity contribution is 5.29. The van der Waals surface area contributed by atoms with Gasteiger partial charge in [-0.25, -0.2) is 13.2 Å².